The molecule has 7 nitrogen and oxygen atoms in total. The van der Waals surface area contributed by atoms with Crippen LogP contribution < -0.4 is 10.6 Å². The van der Waals surface area contributed by atoms with E-state index in [2.05, 4.69) is 60.9 Å². The van der Waals surface area contributed by atoms with Crippen LogP contribution in [0, 0.1) is 6.92 Å². The second-order valence-electron chi connectivity index (χ2n) is 7.78. The third kappa shape index (κ3) is 5.48. The first-order chi connectivity index (χ1) is 13.7. The summed E-state index contributed by atoms with van der Waals surface area (Å²) in [6.07, 6.45) is 4.66. The lowest BCUT2D eigenvalue weighted by Gasteiger charge is -2.28. The van der Waals surface area contributed by atoms with Gasteiger partial charge in [-0.2, -0.15) is 5.10 Å². The number of hydrogen-bond donors (Lipinski definition) is 2. The Morgan fingerprint density at radius 2 is 1.97 bits per heavy atom. The van der Waals surface area contributed by atoms with E-state index < -0.39 is 0 Å². The average molecular weight is 509 g/mol. The maximum Gasteiger partial charge on any atom is 0.191 e. The number of aryl methyl sites for hydroxylation is 2. The Hall–Kier alpha value is -1.68. The largest absolute Gasteiger partial charge is 0.355 e. The fourth-order valence-electron chi connectivity index (χ4n) is 4.33. The molecule has 0 saturated carbocycles. The van der Waals surface area contributed by atoms with Crippen LogP contribution in [0.1, 0.15) is 48.9 Å². The molecule has 158 valence electrons. The molecule has 0 spiro atoms. The van der Waals surface area contributed by atoms with E-state index in [1.165, 1.54) is 18.4 Å². The number of aliphatic imine (C=N–C) groups is 1. The number of fused-ring (bicyclic) bond motifs is 1. The zero-order chi connectivity index (χ0) is 19.3. The summed E-state index contributed by atoms with van der Waals surface area (Å²) in [6.45, 7) is 6.00. The van der Waals surface area contributed by atoms with Gasteiger partial charge in [0, 0.05) is 32.7 Å². The van der Waals surface area contributed by atoms with E-state index in [0.717, 1.165) is 56.6 Å². The van der Waals surface area contributed by atoms with Gasteiger partial charge in [-0.05, 0) is 44.7 Å². The number of nitrogens with one attached hydrogen (secondary N) is 2. The number of benzene rings is 1. The van der Waals surface area contributed by atoms with Crippen molar-refractivity contribution in [3.63, 3.8) is 0 Å². The molecule has 0 amide bonds. The van der Waals surface area contributed by atoms with Gasteiger partial charge in [0.05, 0.1) is 6.04 Å². The lowest BCUT2D eigenvalue weighted by Crippen LogP contribution is -2.46. The molecule has 0 aliphatic carbocycles. The van der Waals surface area contributed by atoms with Crippen molar-refractivity contribution in [3.05, 3.63) is 47.5 Å². The summed E-state index contributed by atoms with van der Waals surface area (Å²) >= 11 is 0. The van der Waals surface area contributed by atoms with E-state index >= 15 is 0 Å². The molecule has 3 heterocycles. The van der Waals surface area contributed by atoms with E-state index in [9.17, 15) is 0 Å². The topological polar surface area (TPSA) is 70.4 Å². The van der Waals surface area contributed by atoms with Gasteiger partial charge in [0.25, 0.3) is 0 Å². The molecule has 8 heteroatoms. The molecule has 0 radical (unpaired) electrons. The predicted octanol–water partition coefficient (Wildman–Crippen LogP) is 2.87. The Balaban J connectivity index is 0.00000240. The van der Waals surface area contributed by atoms with E-state index in [1.807, 2.05) is 18.7 Å². The van der Waals surface area contributed by atoms with Crippen molar-refractivity contribution in [2.45, 2.75) is 57.8 Å². The normalized spacial score (nSPS) is 22.1. The van der Waals surface area contributed by atoms with E-state index in [-0.39, 0.29) is 30.0 Å². The first-order valence-corrected chi connectivity index (χ1v) is 10.4. The van der Waals surface area contributed by atoms with Crippen LogP contribution >= 0.6 is 24.0 Å². The number of hydrogen-bond acceptors (Lipinski definition) is 4. The lowest BCUT2D eigenvalue weighted by molar-refractivity contribution is 0.245. The molecular formula is C21H32IN7. The van der Waals surface area contributed by atoms with Crippen LogP contribution in [-0.4, -0.2) is 51.8 Å². The Morgan fingerprint density at radius 3 is 2.76 bits per heavy atom. The van der Waals surface area contributed by atoms with Gasteiger partial charge in [-0.3, -0.25) is 9.89 Å². The van der Waals surface area contributed by atoms with E-state index in [0.29, 0.717) is 6.04 Å². The van der Waals surface area contributed by atoms with Gasteiger partial charge in [0.1, 0.15) is 11.6 Å². The zero-order valence-corrected chi connectivity index (χ0v) is 19.7. The van der Waals surface area contributed by atoms with Crippen LogP contribution in [0.15, 0.2) is 35.3 Å². The summed E-state index contributed by atoms with van der Waals surface area (Å²) in [5.74, 6) is 2.72. The molecule has 2 atom stereocenters. The maximum absolute atomic E-state index is 4.61. The smallest absolute Gasteiger partial charge is 0.191 e. The molecule has 2 aliphatic rings. The molecule has 1 aromatic heterocycles. The standard InChI is InChI=1S/C21H31N7.HI/c1-16-24-20-19(11-7-13-28(20)26-16)25-21(22-2)23-14-18-10-6-12-27(18)15-17-8-4-3-5-9-17;/h3-5,8-9,18-19H,6-7,10-15H2,1-2H3,(H2,22,23,25);1H. The van der Waals surface area contributed by atoms with Crippen molar-refractivity contribution < 1.29 is 0 Å². The van der Waals surface area contributed by atoms with Gasteiger partial charge >= 0.3 is 0 Å². The third-order valence-electron chi connectivity index (χ3n) is 5.75. The zero-order valence-electron chi connectivity index (χ0n) is 17.3. The summed E-state index contributed by atoms with van der Waals surface area (Å²) < 4.78 is 2.03. The summed E-state index contributed by atoms with van der Waals surface area (Å²) in [5.41, 5.74) is 1.38. The van der Waals surface area contributed by atoms with Crippen LogP contribution in [0.5, 0.6) is 0 Å². The van der Waals surface area contributed by atoms with Crippen LogP contribution in [0.4, 0.5) is 0 Å². The first kappa shape index (κ1) is 22.0. The monoisotopic (exact) mass is 509 g/mol. The van der Waals surface area contributed by atoms with Gasteiger partial charge in [-0.25, -0.2) is 9.67 Å². The molecule has 1 aromatic carbocycles. The van der Waals surface area contributed by atoms with Crippen molar-refractivity contribution in [1.82, 2.24) is 30.3 Å². The highest BCUT2D eigenvalue weighted by Gasteiger charge is 2.27. The highest BCUT2D eigenvalue weighted by Crippen LogP contribution is 2.23. The minimum Gasteiger partial charge on any atom is -0.355 e. The van der Waals surface area contributed by atoms with Crippen LogP contribution in [0.2, 0.25) is 0 Å². The Morgan fingerprint density at radius 1 is 1.17 bits per heavy atom. The second-order valence-corrected chi connectivity index (χ2v) is 7.78. The van der Waals surface area contributed by atoms with Gasteiger partial charge in [0.2, 0.25) is 0 Å². The van der Waals surface area contributed by atoms with Gasteiger partial charge in [0.15, 0.2) is 5.96 Å². The van der Waals surface area contributed by atoms with E-state index in [1.54, 1.807) is 0 Å². The maximum atomic E-state index is 4.61. The van der Waals surface area contributed by atoms with Gasteiger partial charge in [-0.1, -0.05) is 30.3 Å². The van der Waals surface area contributed by atoms with E-state index in [4.69, 9.17) is 0 Å². The number of nitrogens with zero attached hydrogens (tertiary/aromatic N) is 5. The van der Waals surface area contributed by atoms with Crippen molar-refractivity contribution in [2.75, 3.05) is 20.1 Å². The molecule has 2 N–H and O–H groups in total. The molecule has 1 fully saturated rings. The first-order valence-electron chi connectivity index (χ1n) is 10.4. The number of aromatic nitrogens is 3. The molecule has 29 heavy (non-hydrogen) atoms. The van der Waals surface area contributed by atoms with Crippen molar-refractivity contribution in [1.29, 1.82) is 0 Å². The summed E-state index contributed by atoms with van der Waals surface area (Å²) in [7, 11) is 1.84. The van der Waals surface area contributed by atoms with Crippen molar-refractivity contribution in [2.24, 2.45) is 4.99 Å². The third-order valence-corrected chi connectivity index (χ3v) is 5.75. The fraction of sp³-hybridized carbons (Fsp3) is 0.571. The molecule has 0 bridgehead atoms. The Bertz CT molecular complexity index is 805. The quantitative estimate of drug-likeness (QED) is 0.369. The number of guanidine groups is 1. The fourth-order valence-corrected chi connectivity index (χ4v) is 4.33. The minimum atomic E-state index is 0. The lowest BCUT2D eigenvalue weighted by atomic mass is 10.1. The highest BCUT2D eigenvalue weighted by atomic mass is 127. The summed E-state index contributed by atoms with van der Waals surface area (Å²) in [4.78, 5) is 11.6. The Labute approximate surface area is 190 Å². The predicted molar refractivity (Wildman–Crippen MR) is 127 cm³/mol. The van der Waals surface area contributed by atoms with Crippen LogP contribution in [0.25, 0.3) is 0 Å². The number of likely N-dealkylation sites (tertiary alicyclic amines) is 1. The summed E-state index contributed by atoms with van der Waals surface area (Å²) in [5, 5.41) is 11.6. The molecular weight excluding hydrogens is 477 g/mol. The average Bonchev–Trinajstić information content (AvgIpc) is 3.31. The molecule has 2 unspecified atom stereocenters. The Kier molecular flexibility index (Phi) is 7.88. The van der Waals surface area contributed by atoms with Gasteiger partial charge < -0.3 is 10.6 Å². The summed E-state index contributed by atoms with van der Waals surface area (Å²) in [6, 6.07) is 11.5. The number of rotatable bonds is 5. The van der Waals surface area contributed by atoms with Crippen LogP contribution in [-0.2, 0) is 13.1 Å². The van der Waals surface area contributed by atoms with Crippen LogP contribution in [0.3, 0.4) is 0 Å². The molecule has 2 aliphatic heterocycles. The second kappa shape index (κ2) is 10.4. The molecule has 2 aromatic rings. The SMILES string of the molecule is CN=C(NCC1CCCN1Cc1ccccc1)NC1CCCn2nc(C)nc21.I. The molecule has 4 rings (SSSR count). The number of halogens is 1. The van der Waals surface area contributed by atoms with Gasteiger partial charge in [-0.15, -0.1) is 24.0 Å². The van der Waals surface area contributed by atoms with Crippen molar-refractivity contribution in [3.8, 4) is 0 Å². The van der Waals surface area contributed by atoms with Crippen molar-refractivity contribution >= 4 is 29.9 Å². The minimum absolute atomic E-state index is 0. The highest BCUT2D eigenvalue weighted by molar-refractivity contribution is 14.0. The molecule has 1 saturated heterocycles.